The van der Waals surface area contributed by atoms with Crippen LogP contribution in [-0.2, 0) is 0 Å². The number of amides is 1. The summed E-state index contributed by atoms with van der Waals surface area (Å²) in [6, 6.07) is 5.80. The Balaban J connectivity index is 2.97. The van der Waals surface area contributed by atoms with Crippen molar-refractivity contribution in [1.29, 1.82) is 0 Å². The van der Waals surface area contributed by atoms with Crippen molar-refractivity contribution in [2.45, 2.75) is 0 Å². The third-order valence-corrected chi connectivity index (χ3v) is 1.75. The van der Waals surface area contributed by atoms with Crippen molar-refractivity contribution >= 4 is 11.6 Å². The molecule has 1 aromatic rings. The Morgan fingerprint density at radius 3 is 2.80 bits per heavy atom. The molecule has 1 N–H and O–H groups in total. The Morgan fingerprint density at radius 2 is 2.20 bits per heavy atom. The van der Waals surface area contributed by atoms with Crippen LogP contribution in [0.15, 0.2) is 36.9 Å². The summed E-state index contributed by atoms with van der Waals surface area (Å²) >= 11 is 0. The third-order valence-electron chi connectivity index (χ3n) is 1.75. The average Bonchev–Trinajstić information content (AvgIpc) is 2.25. The minimum Gasteiger partial charge on any atom is -0.348 e. The average molecular weight is 206 g/mol. The fourth-order valence-electron chi connectivity index (χ4n) is 1.08. The van der Waals surface area contributed by atoms with Crippen molar-refractivity contribution in [3.8, 4) is 0 Å². The molecule has 1 rings (SSSR count). The molecule has 0 atom stereocenters. The third kappa shape index (κ3) is 2.63. The molecule has 0 saturated heterocycles. The summed E-state index contributed by atoms with van der Waals surface area (Å²) in [5.41, 5.74) is -0.136. The summed E-state index contributed by atoms with van der Waals surface area (Å²) in [6.07, 6.45) is 1.51. The highest BCUT2D eigenvalue weighted by molar-refractivity contribution is 5.98. The predicted octanol–water partition coefficient (Wildman–Crippen LogP) is 1.51. The highest BCUT2D eigenvalue weighted by Crippen LogP contribution is 2.16. The molecule has 1 aromatic carbocycles. The van der Waals surface area contributed by atoms with Gasteiger partial charge in [0.05, 0.1) is 4.92 Å². The van der Waals surface area contributed by atoms with Crippen LogP contribution in [0.1, 0.15) is 10.4 Å². The molecular formula is C10H10N2O3. The van der Waals surface area contributed by atoms with E-state index in [4.69, 9.17) is 0 Å². The van der Waals surface area contributed by atoms with E-state index in [0.717, 1.165) is 0 Å². The smallest absolute Gasteiger partial charge is 0.282 e. The topological polar surface area (TPSA) is 72.2 Å². The van der Waals surface area contributed by atoms with Gasteiger partial charge in [-0.1, -0.05) is 18.2 Å². The number of para-hydroxylation sites is 1. The van der Waals surface area contributed by atoms with E-state index in [0.29, 0.717) is 0 Å². The number of nitrogens with one attached hydrogen (secondary N) is 1. The maximum atomic E-state index is 11.5. The van der Waals surface area contributed by atoms with Gasteiger partial charge in [0.15, 0.2) is 0 Å². The lowest BCUT2D eigenvalue weighted by molar-refractivity contribution is -0.385. The van der Waals surface area contributed by atoms with Gasteiger partial charge in [-0.3, -0.25) is 14.9 Å². The Labute approximate surface area is 86.6 Å². The molecular weight excluding hydrogens is 196 g/mol. The molecule has 0 aliphatic heterocycles. The largest absolute Gasteiger partial charge is 0.348 e. The number of nitro groups is 1. The summed E-state index contributed by atoms with van der Waals surface area (Å²) in [7, 11) is 0. The van der Waals surface area contributed by atoms with Crippen LogP contribution in [0.5, 0.6) is 0 Å². The minimum absolute atomic E-state index is 0.0596. The molecule has 1 amide bonds. The zero-order valence-electron chi connectivity index (χ0n) is 7.97. The van der Waals surface area contributed by atoms with Crippen LogP contribution >= 0.6 is 0 Å². The van der Waals surface area contributed by atoms with Crippen LogP contribution in [0.25, 0.3) is 0 Å². The number of rotatable bonds is 4. The van der Waals surface area contributed by atoms with E-state index in [2.05, 4.69) is 11.9 Å². The highest BCUT2D eigenvalue weighted by Gasteiger charge is 2.17. The maximum absolute atomic E-state index is 11.5. The molecule has 0 bridgehead atoms. The van der Waals surface area contributed by atoms with E-state index < -0.39 is 10.8 Å². The first kappa shape index (κ1) is 10.9. The molecule has 0 unspecified atom stereocenters. The quantitative estimate of drug-likeness (QED) is 0.461. The van der Waals surface area contributed by atoms with Crippen molar-refractivity contribution in [3.63, 3.8) is 0 Å². The number of hydrogen-bond acceptors (Lipinski definition) is 3. The number of hydrogen-bond donors (Lipinski definition) is 1. The van der Waals surface area contributed by atoms with E-state index in [1.807, 2.05) is 0 Å². The lowest BCUT2D eigenvalue weighted by Gasteiger charge is -2.02. The second kappa shape index (κ2) is 4.90. The molecule has 0 heterocycles. The van der Waals surface area contributed by atoms with E-state index in [1.165, 1.54) is 24.3 Å². The van der Waals surface area contributed by atoms with E-state index >= 15 is 0 Å². The van der Waals surface area contributed by atoms with Crippen LogP contribution in [0.4, 0.5) is 5.69 Å². The summed E-state index contributed by atoms with van der Waals surface area (Å²) < 4.78 is 0. The first-order valence-electron chi connectivity index (χ1n) is 4.29. The molecule has 78 valence electrons. The molecule has 0 aromatic heterocycles. The van der Waals surface area contributed by atoms with Crippen LogP contribution in [0.2, 0.25) is 0 Å². The summed E-state index contributed by atoms with van der Waals surface area (Å²) in [6.45, 7) is 3.72. The number of carbonyl (C=O) groups excluding carboxylic acids is 1. The van der Waals surface area contributed by atoms with Gasteiger partial charge in [-0.05, 0) is 6.07 Å². The van der Waals surface area contributed by atoms with Crippen LogP contribution in [-0.4, -0.2) is 17.4 Å². The van der Waals surface area contributed by atoms with E-state index in [1.54, 1.807) is 6.07 Å². The van der Waals surface area contributed by atoms with Gasteiger partial charge in [-0.2, -0.15) is 0 Å². The summed E-state index contributed by atoms with van der Waals surface area (Å²) in [5.74, 6) is -0.470. The molecule has 0 aliphatic carbocycles. The van der Waals surface area contributed by atoms with Crippen LogP contribution < -0.4 is 5.32 Å². The lowest BCUT2D eigenvalue weighted by atomic mass is 10.1. The molecule has 5 heteroatoms. The van der Waals surface area contributed by atoms with Gasteiger partial charge in [0.25, 0.3) is 11.6 Å². The monoisotopic (exact) mass is 206 g/mol. The molecule has 5 nitrogen and oxygen atoms in total. The van der Waals surface area contributed by atoms with Crippen molar-refractivity contribution in [3.05, 3.63) is 52.6 Å². The second-order valence-corrected chi connectivity index (χ2v) is 2.77. The van der Waals surface area contributed by atoms with Crippen molar-refractivity contribution < 1.29 is 9.72 Å². The number of nitro benzene ring substituents is 1. The van der Waals surface area contributed by atoms with Crippen molar-refractivity contribution in [2.75, 3.05) is 6.54 Å². The lowest BCUT2D eigenvalue weighted by Crippen LogP contribution is -2.23. The van der Waals surface area contributed by atoms with Gasteiger partial charge in [-0.15, -0.1) is 6.58 Å². The standard InChI is InChI=1S/C10H10N2O3/c1-2-7-11-10(13)8-5-3-4-6-9(8)12(14)15/h2-6H,1,7H2,(H,11,13). The first-order chi connectivity index (χ1) is 7.16. The molecule has 0 saturated carbocycles. The van der Waals surface area contributed by atoms with Crippen LogP contribution in [0.3, 0.4) is 0 Å². The van der Waals surface area contributed by atoms with Crippen molar-refractivity contribution in [2.24, 2.45) is 0 Å². The molecule has 0 aliphatic rings. The highest BCUT2D eigenvalue weighted by atomic mass is 16.6. The van der Waals surface area contributed by atoms with Gasteiger partial charge in [-0.25, -0.2) is 0 Å². The molecule has 0 spiro atoms. The van der Waals surface area contributed by atoms with Crippen LogP contribution in [0, 0.1) is 10.1 Å². The van der Waals surface area contributed by atoms with Gasteiger partial charge >= 0.3 is 0 Å². The van der Waals surface area contributed by atoms with Gasteiger partial charge in [0.1, 0.15) is 5.56 Å². The minimum atomic E-state index is -0.581. The molecule has 15 heavy (non-hydrogen) atoms. The zero-order valence-corrected chi connectivity index (χ0v) is 7.97. The predicted molar refractivity (Wildman–Crippen MR) is 55.6 cm³/mol. The fourth-order valence-corrected chi connectivity index (χ4v) is 1.08. The van der Waals surface area contributed by atoms with E-state index in [9.17, 15) is 14.9 Å². The maximum Gasteiger partial charge on any atom is 0.282 e. The van der Waals surface area contributed by atoms with Gasteiger partial charge in [0.2, 0.25) is 0 Å². The Kier molecular flexibility index (Phi) is 3.56. The first-order valence-corrected chi connectivity index (χ1v) is 4.29. The van der Waals surface area contributed by atoms with Crippen molar-refractivity contribution in [1.82, 2.24) is 5.32 Å². The number of carbonyl (C=O) groups is 1. The Bertz CT molecular complexity index is 401. The fraction of sp³-hybridized carbons (Fsp3) is 0.100. The molecule has 0 fully saturated rings. The normalized spacial score (nSPS) is 9.33. The van der Waals surface area contributed by atoms with Gasteiger partial charge in [0, 0.05) is 12.6 Å². The number of nitrogens with zero attached hydrogens (tertiary/aromatic N) is 1. The zero-order chi connectivity index (χ0) is 11.3. The van der Waals surface area contributed by atoms with Gasteiger partial charge < -0.3 is 5.32 Å². The summed E-state index contributed by atoms with van der Waals surface area (Å²) in [4.78, 5) is 21.5. The second-order valence-electron chi connectivity index (χ2n) is 2.77. The molecule has 0 radical (unpaired) electrons. The number of benzene rings is 1. The Morgan fingerprint density at radius 1 is 1.53 bits per heavy atom. The SMILES string of the molecule is C=CCNC(=O)c1ccccc1[N+](=O)[O-]. The van der Waals surface area contributed by atoms with E-state index in [-0.39, 0.29) is 17.8 Å². The summed E-state index contributed by atoms with van der Waals surface area (Å²) in [5, 5.41) is 13.1. The Hall–Kier alpha value is -2.17.